The third kappa shape index (κ3) is 5.36. The number of nitrogens with one attached hydrogen (secondary N) is 2. The van der Waals surface area contributed by atoms with Gasteiger partial charge in [0.15, 0.2) is 5.82 Å². The number of carbonyl (C=O) groups is 1. The van der Waals surface area contributed by atoms with Gasteiger partial charge in [-0.25, -0.2) is 9.97 Å². The third-order valence-corrected chi connectivity index (χ3v) is 7.07. The number of benzene rings is 1. The van der Waals surface area contributed by atoms with Crippen LogP contribution in [-0.2, 0) is 18.4 Å². The molecular weight excluding hydrogens is 434 g/mol. The Bertz CT molecular complexity index is 1180. The van der Waals surface area contributed by atoms with Gasteiger partial charge in [-0.2, -0.15) is 5.10 Å². The largest absolute Gasteiger partial charge is 0.358 e. The van der Waals surface area contributed by atoms with Crippen molar-refractivity contribution in [3.63, 3.8) is 0 Å². The van der Waals surface area contributed by atoms with E-state index >= 15 is 0 Å². The van der Waals surface area contributed by atoms with Gasteiger partial charge in [-0.05, 0) is 29.5 Å². The van der Waals surface area contributed by atoms with Crippen molar-refractivity contribution < 1.29 is 4.79 Å². The van der Waals surface area contributed by atoms with E-state index in [2.05, 4.69) is 76.5 Å². The molecule has 172 valence electrons. The SMILES string of the molecule is Cc1cc(-c2cc(Nc3ccn(C)n3)ncn2)ccc1CN1C=C(NC=O)SC1C(C)(C)C. The van der Waals surface area contributed by atoms with E-state index in [1.54, 1.807) is 22.8 Å². The summed E-state index contributed by atoms with van der Waals surface area (Å²) in [6.45, 7) is 9.54. The number of hydrogen-bond donors (Lipinski definition) is 2. The highest BCUT2D eigenvalue weighted by Gasteiger charge is 2.35. The first-order valence-electron chi connectivity index (χ1n) is 10.8. The Morgan fingerprint density at radius 1 is 1.15 bits per heavy atom. The lowest BCUT2D eigenvalue weighted by atomic mass is 9.95. The zero-order valence-corrected chi connectivity index (χ0v) is 20.3. The van der Waals surface area contributed by atoms with E-state index in [-0.39, 0.29) is 10.8 Å². The Labute approximate surface area is 198 Å². The van der Waals surface area contributed by atoms with E-state index < -0.39 is 0 Å². The maximum atomic E-state index is 10.9. The van der Waals surface area contributed by atoms with Gasteiger partial charge in [-0.1, -0.05) is 44.7 Å². The second-order valence-corrected chi connectivity index (χ2v) is 10.3. The molecule has 3 aromatic rings. The lowest BCUT2D eigenvalue weighted by Crippen LogP contribution is -2.35. The highest BCUT2D eigenvalue weighted by atomic mass is 32.2. The molecule has 4 rings (SSSR count). The van der Waals surface area contributed by atoms with Crippen molar-refractivity contribution in [2.24, 2.45) is 12.5 Å². The molecule has 0 radical (unpaired) electrons. The fourth-order valence-corrected chi connectivity index (χ4v) is 4.97. The van der Waals surface area contributed by atoms with Crippen molar-refractivity contribution in [1.29, 1.82) is 0 Å². The molecule has 1 aliphatic rings. The number of thioether (sulfide) groups is 1. The first-order valence-corrected chi connectivity index (χ1v) is 11.6. The van der Waals surface area contributed by atoms with Crippen LogP contribution >= 0.6 is 11.8 Å². The molecule has 0 fully saturated rings. The van der Waals surface area contributed by atoms with Gasteiger partial charge in [-0.15, -0.1) is 0 Å². The number of hydrogen-bond acceptors (Lipinski definition) is 7. The summed E-state index contributed by atoms with van der Waals surface area (Å²) < 4.78 is 1.74. The predicted octanol–water partition coefficient (Wildman–Crippen LogP) is 4.40. The predicted molar refractivity (Wildman–Crippen MR) is 132 cm³/mol. The minimum atomic E-state index is 0.0549. The Morgan fingerprint density at radius 3 is 2.64 bits per heavy atom. The third-order valence-electron chi connectivity index (χ3n) is 5.39. The first kappa shape index (κ1) is 22.8. The van der Waals surface area contributed by atoms with Gasteiger partial charge in [0.25, 0.3) is 0 Å². The zero-order chi connectivity index (χ0) is 23.6. The van der Waals surface area contributed by atoms with Crippen LogP contribution in [0.3, 0.4) is 0 Å². The van der Waals surface area contributed by atoms with Gasteiger partial charge >= 0.3 is 0 Å². The molecule has 0 spiro atoms. The minimum Gasteiger partial charge on any atom is -0.358 e. The van der Waals surface area contributed by atoms with Crippen molar-refractivity contribution in [2.75, 3.05) is 5.32 Å². The maximum Gasteiger partial charge on any atom is 0.211 e. The van der Waals surface area contributed by atoms with Gasteiger partial charge < -0.3 is 15.5 Å². The molecule has 33 heavy (non-hydrogen) atoms. The number of aryl methyl sites for hydroxylation is 2. The molecule has 0 bridgehead atoms. The summed E-state index contributed by atoms with van der Waals surface area (Å²) in [5.74, 6) is 1.44. The lowest BCUT2D eigenvalue weighted by Gasteiger charge is -2.35. The maximum absolute atomic E-state index is 10.9. The molecule has 0 saturated heterocycles. The average molecular weight is 464 g/mol. The summed E-state index contributed by atoms with van der Waals surface area (Å²) in [6.07, 6.45) is 6.22. The molecule has 9 heteroatoms. The molecule has 0 aliphatic carbocycles. The van der Waals surface area contributed by atoms with Crippen LogP contribution in [0, 0.1) is 12.3 Å². The van der Waals surface area contributed by atoms with Crippen LogP contribution in [0.25, 0.3) is 11.3 Å². The van der Waals surface area contributed by atoms with Crippen molar-refractivity contribution in [3.8, 4) is 11.3 Å². The smallest absolute Gasteiger partial charge is 0.211 e. The Kier molecular flexibility index (Phi) is 6.42. The van der Waals surface area contributed by atoms with Gasteiger partial charge in [0, 0.05) is 43.7 Å². The minimum absolute atomic E-state index is 0.0549. The number of amides is 1. The number of aromatic nitrogens is 4. The van der Waals surface area contributed by atoms with E-state index in [1.165, 1.54) is 11.1 Å². The summed E-state index contributed by atoms with van der Waals surface area (Å²) in [5, 5.41) is 11.5. The Morgan fingerprint density at radius 2 is 1.97 bits per heavy atom. The molecule has 1 aromatic carbocycles. The number of rotatable bonds is 7. The van der Waals surface area contributed by atoms with E-state index in [0.717, 1.165) is 35.1 Å². The number of carbonyl (C=O) groups excluding carboxylic acids is 1. The molecule has 1 atom stereocenters. The topological polar surface area (TPSA) is 88.0 Å². The van der Waals surface area contributed by atoms with Gasteiger partial charge in [0.2, 0.25) is 6.41 Å². The van der Waals surface area contributed by atoms with Crippen molar-refractivity contribution in [3.05, 3.63) is 65.2 Å². The summed E-state index contributed by atoms with van der Waals surface area (Å²) in [6, 6.07) is 10.2. The molecule has 2 aromatic heterocycles. The monoisotopic (exact) mass is 463 g/mol. The van der Waals surface area contributed by atoms with Crippen molar-refractivity contribution in [2.45, 2.75) is 39.6 Å². The normalized spacial score (nSPS) is 16.0. The lowest BCUT2D eigenvalue weighted by molar-refractivity contribution is -0.108. The van der Waals surface area contributed by atoms with Crippen LogP contribution in [0.4, 0.5) is 11.6 Å². The zero-order valence-electron chi connectivity index (χ0n) is 19.5. The number of nitrogens with zero attached hydrogens (tertiary/aromatic N) is 5. The highest BCUT2D eigenvalue weighted by molar-refractivity contribution is 8.03. The highest BCUT2D eigenvalue weighted by Crippen LogP contribution is 2.42. The van der Waals surface area contributed by atoms with Crippen LogP contribution in [0.5, 0.6) is 0 Å². The summed E-state index contributed by atoms with van der Waals surface area (Å²) >= 11 is 1.69. The second kappa shape index (κ2) is 9.27. The molecule has 1 aliphatic heterocycles. The van der Waals surface area contributed by atoms with Gasteiger partial charge in [-0.3, -0.25) is 9.48 Å². The standard InChI is InChI=1S/C24H29N7OS/c1-16-10-17(19-11-21(26-14-25-19)28-20-8-9-30(5)29-20)6-7-18(16)12-31-13-22(27-15-32)33-23(31)24(2,3)4/h6-11,13-15,23H,12H2,1-5H3,(H,27,32)(H,25,26,28,29). The van der Waals surface area contributed by atoms with Crippen LogP contribution < -0.4 is 10.6 Å². The van der Waals surface area contributed by atoms with Crippen LogP contribution in [0.15, 0.2) is 54.1 Å². The molecule has 0 saturated carbocycles. The molecule has 2 N–H and O–H groups in total. The van der Waals surface area contributed by atoms with Gasteiger partial charge in [0.05, 0.1) is 16.1 Å². The fraction of sp³-hybridized carbons (Fsp3) is 0.333. The second-order valence-electron chi connectivity index (χ2n) is 9.19. The van der Waals surface area contributed by atoms with E-state index in [0.29, 0.717) is 5.82 Å². The van der Waals surface area contributed by atoms with Crippen molar-refractivity contribution >= 4 is 29.8 Å². The molecular formula is C24H29N7OS. The first-order chi connectivity index (χ1) is 15.7. The Balaban J connectivity index is 1.53. The molecule has 1 unspecified atom stereocenters. The van der Waals surface area contributed by atoms with Crippen LogP contribution in [0.1, 0.15) is 31.9 Å². The molecule has 8 nitrogen and oxygen atoms in total. The van der Waals surface area contributed by atoms with Crippen LogP contribution in [0.2, 0.25) is 0 Å². The number of anilines is 2. The van der Waals surface area contributed by atoms with E-state index in [9.17, 15) is 4.79 Å². The molecule has 1 amide bonds. The van der Waals surface area contributed by atoms with E-state index in [4.69, 9.17) is 0 Å². The Hall–Kier alpha value is -3.33. The van der Waals surface area contributed by atoms with Crippen LogP contribution in [-0.4, -0.2) is 36.4 Å². The quantitative estimate of drug-likeness (QED) is 0.502. The van der Waals surface area contributed by atoms with Gasteiger partial charge in [0.1, 0.15) is 12.1 Å². The summed E-state index contributed by atoms with van der Waals surface area (Å²) in [7, 11) is 1.88. The van der Waals surface area contributed by atoms with Crippen molar-refractivity contribution in [1.82, 2.24) is 30.0 Å². The average Bonchev–Trinajstić information content (AvgIpc) is 3.35. The van der Waals surface area contributed by atoms with E-state index in [1.807, 2.05) is 31.6 Å². The summed E-state index contributed by atoms with van der Waals surface area (Å²) in [5.41, 5.74) is 4.36. The molecule has 3 heterocycles. The fourth-order valence-electron chi connectivity index (χ4n) is 3.79. The summed E-state index contributed by atoms with van der Waals surface area (Å²) in [4.78, 5) is 22.0.